The lowest BCUT2D eigenvalue weighted by atomic mass is 10.0. The second kappa shape index (κ2) is 15.0. The van der Waals surface area contributed by atoms with Crippen LogP contribution in [0, 0.1) is 5.82 Å². The summed E-state index contributed by atoms with van der Waals surface area (Å²) >= 11 is 6.08. The first-order valence-corrected chi connectivity index (χ1v) is 15.8. The lowest BCUT2D eigenvalue weighted by Crippen LogP contribution is -2.52. The molecular weight excluding hydrogens is 565 g/mol. The van der Waals surface area contributed by atoms with Crippen LogP contribution in [0.1, 0.15) is 44.2 Å². The van der Waals surface area contributed by atoms with E-state index < -0.39 is 21.9 Å². The van der Waals surface area contributed by atoms with E-state index in [0.29, 0.717) is 17.1 Å². The minimum Gasteiger partial charge on any atom is -0.352 e. The van der Waals surface area contributed by atoms with Crippen LogP contribution in [0.25, 0.3) is 0 Å². The minimum absolute atomic E-state index is 0.0286. The van der Waals surface area contributed by atoms with Crippen LogP contribution in [0.2, 0.25) is 5.02 Å². The van der Waals surface area contributed by atoms with Gasteiger partial charge in [0.05, 0.1) is 11.9 Å². The summed E-state index contributed by atoms with van der Waals surface area (Å²) in [6.07, 6.45) is 2.16. The van der Waals surface area contributed by atoms with E-state index in [1.54, 1.807) is 42.5 Å². The molecule has 0 saturated carbocycles. The molecule has 2 atom stereocenters. The SMILES string of the molecule is CCC(C)NC(=O)C(Cc1ccccc1)N(Cc1ccccc1F)C(=O)CCCN(c1cccc(Cl)c1)S(C)(=O)=O. The molecule has 3 aromatic rings. The normalized spacial score (nSPS) is 12.8. The summed E-state index contributed by atoms with van der Waals surface area (Å²) in [5, 5.41) is 3.37. The molecule has 0 aliphatic rings. The van der Waals surface area contributed by atoms with Crippen molar-refractivity contribution in [1.82, 2.24) is 10.2 Å². The number of anilines is 1. The van der Waals surface area contributed by atoms with Gasteiger partial charge in [-0.05, 0) is 49.6 Å². The summed E-state index contributed by atoms with van der Waals surface area (Å²) in [6, 6.07) is 21.0. The number of nitrogens with zero attached hydrogens (tertiary/aromatic N) is 2. The summed E-state index contributed by atoms with van der Waals surface area (Å²) in [5.41, 5.74) is 1.53. The maximum atomic E-state index is 14.8. The molecule has 0 spiro atoms. The number of carbonyl (C=O) groups excluding carboxylic acids is 2. The van der Waals surface area contributed by atoms with Gasteiger partial charge in [-0.3, -0.25) is 13.9 Å². The predicted octanol–water partition coefficient (Wildman–Crippen LogP) is 5.58. The highest BCUT2D eigenvalue weighted by molar-refractivity contribution is 7.92. The summed E-state index contributed by atoms with van der Waals surface area (Å²) in [5.74, 6) is -1.19. The molecule has 220 valence electrons. The molecule has 3 rings (SSSR count). The Hall–Kier alpha value is -3.43. The molecular formula is C31H37ClFN3O4S. The molecule has 0 bridgehead atoms. The van der Waals surface area contributed by atoms with Gasteiger partial charge in [-0.15, -0.1) is 0 Å². The first-order chi connectivity index (χ1) is 19.5. The van der Waals surface area contributed by atoms with Crippen LogP contribution >= 0.6 is 11.6 Å². The zero-order valence-corrected chi connectivity index (χ0v) is 25.2. The van der Waals surface area contributed by atoms with Crippen LogP contribution in [0.15, 0.2) is 78.9 Å². The molecule has 7 nitrogen and oxygen atoms in total. The molecule has 3 aromatic carbocycles. The fourth-order valence-electron chi connectivity index (χ4n) is 4.44. The average Bonchev–Trinajstić information content (AvgIpc) is 2.93. The van der Waals surface area contributed by atoms with Gasteiger partial charge in [0.25, 0.3) is 0 Å². The Morgan fingerprint density at radius 2 is 1.68 bits per heavy atom. The Morgan fingerprint density at radius 3 is 2.32 bits per heavy atom. The molecule has 0 aromatic heterocycles. The van der Waals surface area contributed by atoms with E-state index in [0.717, 1.165) is 11.8 Å². The van der Waals surface area contributed by atoms with Gasteiger partial charge in [-0.25, -0.2) is 12.8 Å². The second-order valence-corrected chi connectivity index (χ2v) is 12.4. The van der Waals surface area contributed by atoms with E-state index in [9.17, 15) is 22.4 Å². The molecule has 0 aliphatic heterocycles. The monoisotopic (exact) mass is 601 g/mol. The molecule has 0 fully saturated rings. The number of nitrogens with one attached hydrogen (secondary N) is 1. The van der Waals surface area contributed by atoms with Crippen molar-refractivity contribution in [3.8, 4) is 0 Å². The van der Waals surface area contributed by atoms with Crippen molar-refractivity contribution in [2.75, 3.05) is 17.1 Å². The third kappa shape index (κ3) is 9.57. The zero-order chi connectivity index (χ0) is 30.0. The smallest absolute Gasteiger partial charge is 0.243 e. The Kier molecular flexibility index (Phi) is 11.7. The number of amides is 2. The molecule has 0 aliphatic carbocycles. The number of rotatable bonds is 14. The highest BCUT2D eigenvalue weighted by atomic mass is 35.5. The molecule has 0 radical (unpaired) electrons. The molecule has 2 unspecified atom stereocenters. The highest BCUT2D eigenvalue weighted by Crippen LogP contribution is 2.23. The third-order valence-electron chi connectivity index (χ3n) is 6.82. The van der Waals surface area contributed by atoms with Crippen LogP contribution in [-0.4, -0.2) is 50.0 Å². The summed E-state index contributed by atoms with van der Waals surface area (Å²) < 4.78 is 41.1. The second-order valence-electron chi connectivity index (χ2n) is 10.1. The Morgan fingerprint density at radius 1 is 1.00 bits per heavy atom. The van der Waals surface area contributed by atoms with E-state index in [-0.39, 0.29) is 55.8 Å². The van der Waals surface area contributed by atoms with E-state index >= 15 is 0 Å². The molecule has 41 heavy (non-hydrogen) atoms. The number of benzene rings is 3. The molecule has 1 N–H and O–H groups in total. The van der Waals surface area contributed by atoms with Crippen LogP contribution in [0.4, 0.5) is 10.1 Å². The first-order valence-electron chi connectivity index (χ1n) is 13.6. The topological polar surface area (TPSA) is 86.8 Å². The van der Waals surface area contributed by atoms with Crippen molar-refractivity contribution in [2.45, 2.75) is 58.2 Å². The van der Waals surface area contributed by atoms with Gasteiger partial charge in [0.1, 0.15) is 11.9 Å². The predicted molar refractivity (Wildman–Crippen MR) is 162 cm³/mol. The van der Waals surface area contributed by atoms with Gasteiger partial charge in [0, 0.05) is 42.6 Å². The van der Waals surface area contributed by atoms with E-state index in [2.05, 4.69) is 5.32 Å². The lowest BCUT2D eigenvalue weighted by Gasteiger charge is -2.33. The number of hydrogen-bond donors (Lipinski definition) is 1. The largest absolute Gasteiger partial charge is 0.352 e. The number of carbonyl (C=O) groups is 2. The standard InChI is InChI=1S/C31H37ClFN3O4S/c1-4-23(2)34-31(38)29(20-24-12-6-5-7-13-24)35(22-25-14-8-9-17-28(25)33)30(37)18-11-19-36(41(3,39)40)27-16-10-15-26(32)21-27/h5-10,12-17,21,23,29H,4,11,18-20,22H2,1-3H3,(H,34,38). The van der Waals surface area contributed by atoms with Crippen molar-refractivity contribution in [3.63, 3.8) is 0 Å². The van der Waals surface area contributed by atoms with Crippen molar-refractivity contribution in [3.05, 3.63) is 101 Å². The lowest BCUT2D eigenvalue weighted by molar-refractivity contribution is -0.141. The van der Waals surface area contributed by atoms with Gasteiger partial charge < -0.3 is 10.2 Å². The third-order valence-corrected chi connectivity index (χ3v) is 8.25. The van der Waals surface area contributed by atoms with Crippen LogP contribution < -0.4 is 9.62 Å². The molecule has 10 heteroatoms. The Balaban J connectivity index is 1.90. The van der Waals surface area contributed by atoms with E-state index in [1.807, 2.05) is 44.2 Å². The molecule has 0 saturated heterocycles. The number of sulfonamides is 1. The summed E-state index contributed by atoms with van der Waals surface area (Å²) in [7, 11) is -3.66. The zero-order valence-electron chi connectivity index (χ0n) is 23.6. The van der Waals surface area contributed by atoms with Crippen molar-refractivity contribution in [2.24, 2.45) is 0 Å². The number of hydrogen-bond acceptors (Lipinski definition) is 4. The average molecular weight is 602 g/mol. The fourth-order valence-corrected chi connectivity index (χ4v) is 5.58. The first kappa shape index (κ1) is 32.1. The maximum Gasteiger partial charge on any atom is 0.243 e. The Labute approximate surface area is 247 Å². The molecule has 2 amide bonds. The summed E-state index contributed by atoms with van der Waals surface area (Å²) in [6.45, 7) is 3.75. The van der Waals surface area contributed by atoms with E-state index in [4.69, 9.17) is 11.6 Å². The maximum absolute atomic E-state index is 14.8. The van der Waals surface area contributed by atoms with Crippen molar-refractivity contribution in [1.29, 1.82) is 0 Å². The van der Waals surface area contributed by atoms with Gasteiger partial charge in [-0.2, -0.15) is 0 Å². The van der Waals surface area contributed by atoms with Crippen molar-refractivity contribution >= 4 is 39.1 Å². The highest BCUT2D eigenvalue weighted by Gasteiger charge is 2.31. The fraction of sp³-hybridized carbons (Fsp3) is 0.355. The minimum atomic E-state index is -3.66. The quantitative estimate of drug-likeness (QED) is 0.261. The number of halogens is 2. The summed E-state index contributed by atoms with van der Waals surface area (Å²) in [4.78, 5) is 28.8. The van der Waals surface area contributed by atoms with E-state index in [1.165, 1.54) is 15.3 Å². The van der Waals surface area contributed by atoms with Crippen molar-refractivity contribution < 1.29 is 22.4 Å². The Bertz CT molecular complexity index is 1420. The van der Waals surface area contributed by atoms with Crippen LogP contribution in [0.3, 0.4) is 0 Å². The molecule has 0 heterocycles. The van der Waals surface area contributed by atoms with Crippen LogP contribution in [-0.2, 0) is 32.6 Å². The van der Waals surface area contributed by atoms with Gasteiger partial charge in [-0.1, -0.05) is 73.1 Å². The van der Waals surface area contributed by atoms with Gasteiger partial charge in [0.2, 0.25) is 21.8 Å². The van der Waals surface area contributed by atoms with Gasteiger partial charge in [0.15, 0.2) is 0 Å². The van der Waals surface area contributed by atoms with Crippen LogP contribution in [0.5, 0.6) is 0 Å². The van der Waals surface area contributed by atoms with Gasteiger partial charge >= 0.3 is 0 Å².